The zero-order chi connectivity index (χ0) is 12.4. The molecule has 92 valence electrons. The third-order valence-electron chi connectivity index (χ3n) is 3.37. The van der Waals surface area contributed by atoms with E-state index in [1.54, 1.807) is 12.1 Å². The number of carbonyl (C=O) groups excluding carboxylic acids is 1. The second-order valence-corrected chi connectivity index (χ2v) is 4.86. The van der Waals surface area contributed by atoms with Gasteiger partial charge in [0.25, 0.3) is 5.91 Å². The van der Waals surface area contributed by atoms with E-state index in [4.69, 9.17) is 11.5 Å². The summed E-state index contributed by atoms with van der Waals surface area (Å²) in [5.41, 5.74) is 12.6. The zero-order valence-corrected chi connectivity index (χ0v) is 10.1. The standard InChI is InChI=1S/C13H19N3O/c1-8(9-2-3-9)7-16-10-4-5-12(14)11(6-10)13(15)17/h4-6,8-9,16H,2-3,7,14H2,1H3,(H2,15,17). The summed E-state index contributed by atoms with van der Waals surface area (Å²) in [6.45, 7) is 3.17. The molecule has 0 saturated heterocycles. The monoisotopic (exact) mass is 233 g/mol. The van der Waals surface area contributed by atoms with E-state index in [1.165, 1.54) is 12.8 Å². The highest BCUT2D eigenvalue weighted by atomic mass is 16.1. The Kier molecular flexibility index (Phi) is 3.22. The van der Waals surface area contributed by atoms with Crippen LogP contribution in [0.3, 0.4) is 0 Å². The molecule has 4 heteroatoms. The van der Waals surface area contributed by atoms with E-state index in [2.05, 4.69) is 12.2 Å². The number of hydrogen-bond donors (Lipinski definition) is 3. The minimum absolute atomic E-state index is 0.383. The van der Waals surface area contributed by atoms with Gasteiger partial charge in [0, 0.05) is 17.9 Å². The average molecular weight is 233 g/mol. The number of hydrogen-bond acceptors (Lipinski definition) is 3. The predicted octanol–water partition coefficient (Wildman–Crippen LogP) is 1.83. The summed E-state index contributed by atoms with van der Waals surface area (Å²) in [6, 6.07) is 5.31. The molecule has 17 heavy (non-hydrogen) atoms. The van der Waals surface area contributed by atoms with E-state index in [1.807, 2.05) is 6.07 Å². The highest BCUT2D eigenvalue weighted by Crippen LogP contribution is 2.36. The van der Waals surface area contributed by atoms with E-state index in [0.717, 1.165) is 18.2 Å². The van der Waals surface area contributed by atoms with Gasteiger partial charge in [0.2, 0.25) is 0 Å². The number of nitrogens with one attached hydrogen (secondary N) is 1. The van der Waals surface area contributed by atoms with Gasteiger partial charge in [-0.05, 0) is 42.9 Å². The Morgan fingerprint density at radius 1 is 1.53 bits per heavy atom. The van der Waals surface area contributed by atoms with Crippen molar-refractivity contribution >= 4 is 17.3 Å². The average Bonchev–Trinajstić information content (AvgIpc) is 3.11. The van der Waals surface area contributed by atoms with Crippen molar-refractivity contribution in [1.82, 2.24) is 0 Å². The molecular weight excluding hydrogens is 214 g/mol. The van der Waals surface area contributed by atoms with Crippen LogP contribution < -0.4 is 16.8 Å². The minimum Gasteiger partial charge on any atom is -0.398 e. The van der Waals surface area contributed by atoms with Crippen LogP contribution in [0.1, 0.15) is 30.1 Å². The second kappa shape index (κ2) is 4.65. The Bertz CT molecular complexity index is 427. The molecular formula is C13H19N3O. The molecule has 5 N–H and O–H groups in total. The Labute approximate surface area is 101 Å². The maximum Gasteiger partial charge on any atom is 0.250 e. The molecule has 0 heterocycles. The summed E-state index contributed by atoms with van der Waals surface area (Å²) in [7, 11) is 0. The Balaban J connectivity index is 2.00. The van der Waals surface area contributed by atoms with Gasteiger partial charge in [0.1, 0.15) is 0 Å². The topological polar surface area (TPSA) is 81.1 Å². The van der Waals surface area contributed by atoms with Crippen LogP contribution in [0.5, 0.6) is 0 Å². The second-order valence-electron chi connectivity index (χ2n) is 4.86. The molecule has 1 atom stereocenters. The van der Waals surface area contributed by atoms with Crippen LogP contribution in [0.2, 0.25) is 0 Å². The van der Waals surface area contributed by atoms with Gasteiger partial charge in [-0.1, -0.05) is 6.92 Å². The maximum absolute atomic E-state index is 11.1. The molecule has 1 fully saturated rings. The first-order chi connectivity index (χ1) is 8.08. The van der Waals surface area contributed by atoms with E-state index >= 15 is 0 Å². The fourth-order valence-electron chi connectivity index (χ4n) is 1.99. The van der Waals surface area contributed by atoms with Crippen LogP contribution in [0.4, 0.5) is 11.4 Å². The fourth-order valence-corrected chi connectivity index (χ4v) is 1.99. The van der Waals surface area contributed by atoms with Crippen molar-refractivity contribution in [2.24, 2.45) is 17.6 Å². The third kappa shape index (κ3) is 2.90. The van der Waals surface area contributed by atoms with Crippen LogP contribution >= 0.6 is 0 Å². The molecule has 0 spiro atoms. The Morgan fingerprint density at radius 3 is 2.82 bits per heavy atom. The molecule has 1 aliphatic carbocycles. The maximum atomic E-state index is 11.1. The number of nitrogens with two attached hydrogens (primary N) is 2. The molecule has 1 aromatic carbocycles. The first-order valence-corrected chi connectivity index (χ1v) is 6.01. The van der Waals surface area contributed by atoms with Gasteiger partial charge in [-0.3, -0.25) is 4.79 Å². The summed E-state index contributed by atoms with van der Waals surface area (Å²) in [4.78, 5) is 11.1. The largest absolute Gasteiger partial charge is 0.398 e. The van der Waals surface area contributed by atoms with Crippen molar-refractivity contribution in [3.8, 4) is 0 Å². The summed E-state index contributed by atoms with van der Waals surface area (Å²) >= 11 is 0. The van der Waals surface area contributed by atoms with Crippen molar-refractivity contribution in [3.05, 3.63) is 23.8 Å². The number of carbonyl (C=O) groups is 1. The van der Waals surface area contributed by atoms with Crippen LogP contribution in [-0.2, 0) is 0 Å². The molecule has 1 aliphatic rings. The lowest BCUT2D eigenvalue weighted by Gasteiger charge is -2.13. The SMILES string of the molecule is CC(CNc1ccc(N)c(C(N)=O)c1)C1CC1. The van der Waals surface area contributed by atoms with E-state index in [9.17, 15) is 4.79 Å². The van der Waals surface area contributed by atoms with Crippen molar-refractivity contribution < 1.29 is 4.79 Å². The van der Waals surface area contributed by atoms with Gasteiger partial charge in [-0.15, -0.1) is 0 Å². The van der Waals surface area contributed by atoms with Gasteiger partial charge in [-0.25, -0.2) is 0 Å². The highest BCUT2D eigenvalue weighted by molar-refractivity contribution is 5.98. The summed E-state index contributed by atoms with van der Waals surface area (Å²) in [5, 5.41) is 3.32. The van der Waals surface area contributed by atoms with Crippen molar-refractivity contribution in [3.63, 3.8) is 0 Å². The van der Waals surface area contributed by atoms with Gasteiger partial charge in [0.15, 0.2) is 0 Å². The molecule has 0 aliphatic heterocycles. The van der Waals surface area contributed by atoms with E-state index in [-0.39, 0.29) is 0 Å². The van der Waals surface area contributed by atoms with Gasteiger partial charge >= 0.3 is 0 Å². The minimum atomic E-state index is -0.485. The van der Waals surface area contributed by atoms with Gasteiger partial charge in [0.05, 0.1) is 5.56 Å². The van der Waals surface area contributed by atoms with Gasteiger partial charge in [-0.2, -0.15) is 0 Å². The van der Waals surface area contributed by atoms with Gasteiger partial charge < -0.3 is 16.8 Å². The zero-order valence-electron chi connectivity index (χ0n) is 10.1. The Hall–Kier alpha value is -1.71. The Morgan fingerprint density at radius 2 is 2.24 bits per heavy atom. The molecule has 0 radical (unpaired) electrons. The quantitative estimate of drug-likeness (QED) is 0.678. The molecule has 4 nitrogen and oxygen atoms in total. The summed E-state index contributed by atoms with van der Waals surface area (Å²) < 4.78 is 0. The molecule has 1 unspecified atom stereocenters. The van der Waals surface area contributed by atoms with Crippen LogP contribution in [-0.4, -0.2) is 12.5 Å². The molecule has 0 aromatic heterocycles. The predicted molar refractivity (Wildman–Crippen MR) is 69.8 cm³/mol. The molecule has 1 saturated carbocycles. The fraction of sp³-hybridized carbons (Fsp3) is 0.462. The summed E-state index contributed by atoms with van der Waals surface area (Å²) in [5.74, 6) is 1.05. The van der Waals surface area contributed by atoms with Crippen LogP contribution in [0.15, 0.2) is 18.2 Å². The van der Waals surface area contributed by atoms with Crippen LogP contribution in [0, 0.1) is 11.8 Å². The molecule has 1 aromatic rings. The van der Waals surface area contributed by atoms with E-state index in [0.29, 0.717) is 17.2 Å². The molecule has 1 amide bonds. The number of rotatable bonds is 5. The third-order valence-corrected chi connectivity index (χ3v) is 3.37. The highest BCUT2D eigenvalue weighted by Gasteiger charge is 2.27. The number of nitrogen functional groups attached to an aromatic ring is 1. The van der Waals surface area contributed by atoms with Crippen molar-refractivity contribution in [2.75, 3.05) is 17.6 Å². The van der Waals surface area contributed by atoms with Crippen LogP contribution in [0.25, 0.3) is 0 Å². The number of primary amides is 1. The lowest BCUT2D eigenvalue weighted by atomic mass is 10.1. The number of anilines is 2. The van der Waals surface area contributed by atoms with Crippen molar-refractivity contribution in [2.45, 2.75) is 19.8 Å². The first-order valence-electron chi connectivity index (χ1n) is 6.01. The number of amides is 1. The first kappa shape index (κ1) is 11.8. The normalized spacial score (nSPS) is 16.5. The molecule has 2 rings (SSSR count). The number of benzene rings is 1. The lowest BCUT2D eigenvalue weighted by Crippen LogP contribution is -2.16. The molecule has 0 bridgehead atoms. The van der Waals surface area contributed by atoms with E-state index < -0.39 is 5.91 Å². The smallest absolute Gasteiger partial charge is 0.250 e. The lowest BCUT2D eigenvalue weighted by molar-refractivity contribution is 0.100. The van der Waals surface area contributed by atoms with Crippen molar-refractivity contribution in [1.29, 1.82) is 0 Å². The summed E-state index contributed by atoms with van der Waals surface area (Å²) in [6.07, 6.45) is 2.69.